The molecule has 0 amide bonds. The Morgan fingerprint density at radius 3 is 2.56 bits per heavy atom. The Labute approximate surface area is 146 Å². The second kappa shape index (κ2) is 7.90. The summed E-state index contributed by atoms with van der Waals surface area (Å²) in [4.78, 5) is 8.74. The van der Waals surface area contributed by atoms with Gasteiger partial charge in [-0.05, 0) is 29.7 Å². The zero-order valence-corrected chi connectivity index (χ0v) is 14.4. The van der Waals surface area contributed by atoms with Gasteiger partial charge in [0.15, 0.2) is 5.82 Å². The molecular weight excluding hydrogens is 316 g/mol. The van der Waals surface area contributed by atoms with Gasteiger partial charge >= 0.3 is 0 Å². The van der Waals surface area contributed by atoms with Gasteiger partial charge in [0, 0.05) is 24.2 Å². The highest BCUT2D eigenvalue weighted by atomic mass is 16.5. The molecule has 1 aromatic carbocycles. The van der Waals surface area contributed by atoms with Crippen molar-refractivity contribution in [3.63, 3.8) is 0 Å². The molecule has 2 N–H and O–H groups in total. The summed E-state index contributed by atoms with van der Waals surface area (Å²) < 4.78 is 5.33. The van der Waals surface area contributed by atoms with Crippen LogP contribution in [-0.4, -0.2) is 26.8 Å². The summed E-state index contributed by atoms with van der Waals surface area (Å²) in [5.41, 5.74) is 2.98. The molecule has 0 fully saturated rings. The summed E-state index contributed by atoms with van der Waals surface area (Å²) >= 11 is 0. The normalized spacial score (nSPS) is 11.0. The molecule has 130 valence electrons. The molecule has 2 aromatic heterocycles. The van der Waals surface area contributed by atoms with E-state index in [1.165, 1.54) is 5.56 Å². The first-order valence-electron chi connectivity index (χ1n) is 8.38. The number of hydrogen-bond acceptors (Lipinski definition) is 6. The van der Waals surface area contributed by atoms with Gasteiger partial charge < -0.3 is 14.9 Å². The molecule has 0 aliphatic carbocycles. The Balaban J connectivity index is 1.61. The van der Waals surface area contributed by atoms with Crippen LogP contribution in [-0.2, 0) is 13.0 Å². The Morgan fingerprint density at radius 1 is 1.12 bits per heavy atom. The quantitative estimate of drug-likeness (QED) is 0.687. The number of anilines is 1. The van der Waals surface area contributed by atoms with Gasteiger partial charge in [-0.3, -0.25) is 0 Å². The first-order chi connectivity index (χ1) is 12.2. The fraction of sp³-hybridized carbons (Fsp3) is 0.316. The van der Waals surface area contributed by atoms with Crippen molar-refractivity contribution in [1.82, 2.24) is 15.1 Å². The van der Waals surface area contributed by atoms with E-state index in [2.05, 4.69) is 20.4 Å². The van der Waals surface area contributed by atoms with E-state index in [9.17, 15) is 0 Å². The van der Waals surface area contributed by atoms with E-state index in [-0.39, 0.29) is 12.5 Å². The zero-order valence-electron chi connectivity index (χ0n) is 14.4. The molecule has 3 rings (SSSR count). The number of hydrogen-bond donors (Lipinski definition) is 2. The maximum atomic E-state index is 9.07. The monoisotopic (exact) mass is 338 g/mol. The molecule has 6 nitrogen and oxygen atoms in total. The lowest BCUT2D eigenvalue weighted by atomic mass is 10.1. The number of nitrogens with zero attached hydrogens (tertiary/aromatic N) is 3. The third-order valence-corrected chi connectivity index (χ3v) is 3.89. The minimum atomic E-state index is 0.0729. The molecule has 0 saturated heterocycles. The number of aromatic nitrogens is 3. The highest BCUT2D eigenvalue weighted by Crippen LogP contribution is 2.21. The minimum absolute atomic E-state index is 0.0729. The highest BCUT2D eigenvalue weighted by Gasteiger charge is 2.12. The van der Waals surface area contributed by atoms with Crippen molar-refractivity contribution in [3.05, 3.63) is 59.5 Å². The van der Waals surface area contributed by atoms with E-state index in [4.69, 9.17) is 9.63 Å². The molecule has 0 radical (unpaired) electrons. The van der Waals surface area contributed by atoms with E-state index >= 15 is 0 Å². The average Bonchev–Trinajstić information content (AvgIpc) is 3.13. The molecule has 0 atom stereocenters. The maximum absolute atomic E-state index is 9.07. The third kappa shape index (κ3) is 4.42. The summed E-state index contributed by atoms with van der Waals surface area (Å²) in [6.07, 6.45) is 2.60. The zero-order chi connectivity index (χ0) is 17.6. The van der Waals surface area contributed by atoms with Crippen LogP contribution in [0.25, 0.3) is 11.5 Å². The van der Waals surface area contributed by atoms with Gasteiger partial charge in [0.1, 0.15) is 5.82 Å². The van der Waals surface area contributed by atoms with Crippen LogP contribution in [0.3, 0.4) is 0 Å². The Hall–Kier alpha value is -2.73. The lowest BCUT2D eigenvalue weighted by Gasteiger charge is -2.07. The Bertz CT molecular complexity index is 812. The van der Waals surface area contributed by atoms with Crippen LogP contribution in [0.1, 0.15) is 36.7 Å². The molecule has 0 spiro atoms. The predicted octanol–water partition coefficient (Wildman–Crippen LogP) is 3.40. The smallest absolute Gasteiger partial charge is 0.258 e. The second-order valence-electron chi connectivity index (χ2n) is 6.19. The SMILES string of the molecule is CC(C)c1noc(-c2ccnc(NCCc3ccc(CO)cc3)c2)n1. The van der Waals surface area contributed by atoms with E-state index in [1.807, 2.05) is 50.2 Å². The van der Waals surface area contributed by atoms with Crippen LogP contribution in [0.5, 0.6) is 0 Å². The number of rotatable bonds is 7. The van der Waals surface area contributed by atoms with Gasteiger partial charge in [0.05, 0.1) is 6.61 Å². The molecule has 25 heavy (non-hydrogen) atoms. The molecular formula is C19H22N4O2. The molecule has 0 aliphatic rings. The second-order valence-corrected chi connectivity index (χ2v) is 6.19. The largest absolute Gasteiger partial charge is 0.392 e. The number of nitrogens with one attached hydrogen (secondary N) is 1. The van der Waals surface area contributed by atoms with E-state index in [1.54, 1.807) is 6.20 Å². The van der Waals surface area contributed by atoms with Crippen molar-refractivity contribution in [1.29, 1.82) is 0 Å². The summed E-state index contributed by atoms with van der Waals surface area (Å²) in [5, 5.41) is 16.4. The third-order valence-electron chi connectivity index (χ3n) is 3.89. The van der Waals surface area contributed by atoms with Crippen LogP contribution in [0.2, 0.25) is 0 Å². The number of pyridine rings is 1. The van der Waals surface area contributed by atoms with Crippen molar-refractivity contribution in [3.8, 4) is 11.5 Å². The molecule has 0 saturated carbocycles. The van der Waals surface area contributed by atoms with Gasteiger partial charge in [-0.25, -0.2) is 4.98 Å². The topological polar surface area (TPSA) is 84.1 Å². The maximum Gasteiger partial charge on any atom is 0.258 e. The summed E-state index contributed by atoms with van der Waals surface area (Å²) in [6.45, 7) is 4.89. The van der Waals surface area contributed by atoms with Crippen LogP contribution < -0.4 is 5.32 Å². The predicted molar refractivity (Wildman–Crippen MR) is 96.2 cm³/mol. The standard InChI is InChI=1S/C19H22N4O2/c1-13(2)18-22-19(25-23-18)16-8-10-21-17(11-16)20-9-7-14-3-5-15(12-24)6-4-14/h3-6,8,10-11,13,24H,7,9,12H2,1-2H3,(H,20,21). The number of aliphatic hydroxyl groups excluding tert-OH is 1. The first kappa shape index (κ1) is 17.1. The molecule has 6 heteroatoms. The lowest BCUT2D eigenvalue weighted by molar-refractivity contribution is 0.282. The van der Waals surface area contributed by atoms with Gasteiger partial charge in [0.25, 0.3) is 5.89 Å². The van der Waals surface area contributed by atoms with Crippen LogP contribution >= 0.6 is 0 Å². The van der Waals surface area contributed by atoms with Gasteiger partial charge in [-0.15, -0.1) is 0 Å². The Kier molecular flexibility index (Phi) is 5.40. The molecule has 2 heterocycles. The fourth-order valence-corrected chi connectivity index (χ4v) is 2.39. The van der Waals surface area contributed by atoms with Gasteiger partial charge in [0.2, 0.25) is 0 Å². The number of aliphatic hydroxyl groups is 1. The van der Waals surface area contributed by atoms with E-state index < -0.39 is 0 Å². The summed E-state index contributed by atoms with van der Waals surface area (Å²) in [7, 11) is 0. The molecule has 0 unspecified atom stereocenters. The van der Waals surface area contributed by atoms with Crippen LogP contribution in [0, 0.1) is 0 Å². The van der Waals surface area contributed by atoms with Crippen molar-refractivity contribution >= 4 is 5.82 Å². The summed E-state index contributed by atoms with van der Waals surface area (Å²) in [5.74, 6) is 2.21. The van der Waals surface area contributed by atoms with Crippen LogP contribution in [0.4, 0.5) is 5.82 Å². The first-order valence-corrected chi connectivity index (χ1v) is 8.38. The molecule has 0 bridgehead atoms. The van der Waals surface area contributed by atoms with Crippen molar-refractivity contribution in [2.24, 2.45) is 0 Å². The molecule has 3 aromatic rings. The van der Waals surface area contributed by atoms with Crippen LogP contribution in [0.15, 0.2) is 47.1 Å². The minimum Gasteiger partial charge on any atom is -0.392 e. The highest BCUT2D eigenvalue weighted by molar-refractivity contribution is 5.57. The lowest BCUT2D eigenvalue weighted by Crippen LogP contribution is -2.06. The van der Waals surface area contributed by atoms with Gasteiger partial charge in [-0.2, -0.15) is 4.98 Å². The van der Waals surface area contributed by atoms with Crippen molar-refractivity contribution in [2.75, 3.05) is 11.9 Å². The summed E-state index contributed by atoms with van der Waals surface area (Å²) in [6, 6.07) is 11.7. The number of benzene rings is 1. The van der Waals surface area contributed by atoms with E-state index in [0.29, 0.717) is 11.7 Å². The van der Waals surface area contributed by atoms with E-state index in [0.717, 1.165) is 29.9 Å². The average molecular weight is 338 g/mol. The van der Waals surface area contributed by atoms with Gasteiger partial charge in [-0.1, -0.05) is 43.3 Å². The van der Waals surface area contributed by atoms with Crippen molar-refractivity contribution < 1.29 is 9.63 Å². The Morgan fingerprint density at radius 2 is 1.88 bits per heavy atom. The van der Waals surface area contributed by atoms with Crippen molar-refractivity contribution in [2.45, 2.75) is 32.8 Å². The fourth-order valence-electron chi connectivity index (χ4n) is 2.39. The molecule has 0 aliphatic heterocycles.